The second-order valence-electron chi connectivity index (χ2n) is 11.2. The number of amides is 2. The van der Waals surface area contributed by atoms with Crippen LogP contribution in [0.5, 0.6) is 11.5 Å². The number of hydrogen-bond donors (Lipinski definition) is 1. The third kappa shape index (κ3) is 7.46. The SMILES string of the molecule is COc1ccccc1CCC(=O)N1CCC[C@@](COc2cc(C)c(Cl)c(C)c2)(CC(=O)N2CCC(O)CC2)C1. The van der Waals surface area contributed by atoms with Gasteiger partial charge in [0.1, 0.15) is 11.5 Å². The Labute approximate surface area is 237 Å². The minimum Gasteiger partial charge on any atom is -0.496 e. The normalized spacial score (nSPS) is 20.1. The van der Waals surface area contributed by atoms with E-state index in [0.717, 1.165) is 46.1 Å². The van der Waals surface area contributed by atoms with Crippen molar-refractivity contribution in [1.29, 1.82) is 0 Å². The summed E-state index contributed by atoms with van der Waals surface area (Å²) in [5.74, 6) is 1.66. The number of carbonyl (C=O) groups excluding carboxylic acids is 2. The fourth-order valence-electron chi connectivity index (χ4n) is 5.82. The molecular weight excluding hydrogens is 516 g/mol. The summed E-state index contributed by atoms with van der Waals surface area (Å²) in [6.45, 7) is 6.53. The lowest BCUT2D eigenvalue weighted by Gasteiger charge is -2.43. The average molecular weight is 557 g/mol. The molecule has 39 heavy (non-hydrogen) atoms. The molecule has 0 unspecified atom stereocenters. The lowest BCUT2D eigenvalue weighted by atomic mass is 9.77. The predicted molar refractivity (Wildman–Crippen MR) is 152 cm³/mol. The van der Waals surface area contributed by atoms with E-state index in [1.807, 2.05) is 60.0 Å². The number of nitrogens with zero attached hydrogens (tertiary/aromatic N) is 2. The van der Waals surface area contributed by atoms with Crippen molar-refractivity contribution in [2.75, 3.05) is 39.9 Å². The van der Waals surface area contributed by atoms with Crippen LogP contribution in [0.1, 0.15) is 55.2 Å². The van der Waals surface area contributed by atoms with Crippen LogP contribution < -0.4 is 9.47 Å². The van der Waals surface area contributed by atoms with Gasteiger partial charge in [-0.05, 0) is 80.8 Å². The molecule has 4 rings (SSSR count). The van der Waals surface area contributed by atoms with Crippen LogP contribution in [0.2, 0.25) is 5.02 Å². The standard InChI is InChI=1S/C31H41ClN2O5/c1-22-17-26(18-23(2)30(22)32)39-21-31(19-29(37)33-15-11-25(35)12-16-33)13-6-14-34(20-31)28(36)10-9-24-7-4-5-8-27(24)38-3/h4-5,7-8,17-18,25,35H,6,9-16,19-21H2,1-3H3/t31-/m1/s1. The number of benzene rings is 2. The zero-order valence-electron chi connectivity index (χ0n) is 23.4. The number of rotatable bonds is 9. The third-order valence-corrected chi connectivity index (χ3v) is 8.71. The Morgan fingerprint density at radius 3 is 2.44 bits per heavy atom. The maximum Gasteiger partial charge on any atom is 0.223 e. The molecule has 0 spiro atoms. The zero-order chi connectivity index (χ0) is 28.0. The Kier molecular flexibility index (Phi) is 9.78. The molecule has 2 aromatic carbocycles. The van der Waals surface area contributed by atoms with E-state index in [4.69, 9.17) is 21.1 Å². The highest BCUT2D eigenvalue weighted by atomic mass is 35.5. The van der Waals surface area contributed by atoms with Gasteiger partial charge in [-0.3, -0.25) is 9.59 Å². The summed E-state index contributed by atoms with van der Waals surface area (Å²) in [5, 5.41) is 10.6. The lowest BCUT2D eigenvalue weighted by molar-refractivity contribution is -0.142. The molecule has 2 fully saturated rings. The first-order valence-corrected chi connectivity index (χ1v) is 14.3. The van der Waals surface area contributed by atoms with E-state index in [0.29, 0.717) is 64.9 Å². The van der Waals surface area contributed by atoms with Crippen molar-refractivity contribution in [3.8, 4) is 11.5 Å². The van der Waals surface area contributed by atoms with E-state index in [1.165, 1.54) is 0 Å². The molecule has 1 atom stereocenters. The van der Waals surface area contributed by atoms with Crippen molar-refractivity contribution in [2.24, 2.45) is 5.41 Å². The first-order chi connectivity index (χ1) is 18.7. The van der Waals surface area contributed by atoms with Gasteiger partial charge in [-0.15, -0.1) is 0 Å². The van der Waals surface area contributed by atoms with E-state index in [-0.39, 0.29) is 17.9 Å². The van der Waals surface area contributed by atoms with Gasteiger partial charge in [-0.1, -0.05) is 29.8 Å². The Hall–Kier alpha value is -2.77. The van der Waals surface area contributed by atoms with E-state index >= 15 is 0 Å². The van der Waals surface area contributed by atoms with Crippen molar-refractivity contribution >= 4 is 23.4 Å². The number of aryl methyl sites for hydroxylation is 3. The Morgan fingerprint density at radius 1 is 1.05 bits per heavy atom. The lowest BCUT2D eigenvalue weighted by Crippen LogP contribution is -2.51. The van der Waals surface area contributed by atoms with Crippen molar-refractivity contribution in [1.82, 2.24) is 9.80 Å². The second-order valence-corrected chi connectivity index (χ2v) is 11.6. The molecule has 0 aromatic heterocycles. The molecule has 0 radical (unpaired) electrons. The van der Waals surface area contributed by atoms with Crippen LogP contribution in [-0.4, -0.2) is 72.7 Å². The molecule has 2 aliphatic heterocycles. The summed E-state index contributed by atoms with van der Waals surface area (Å²) in [5.41, 5.74) is 2.41. The van der Waals surface area contributed by atoms with Crippen LogP contribution in [0.25, 0.3) is 0 Å². The molecule has 2 amide bonds. The Bertz CT molecular complexity index is 1140. The monoisotopic (exact) mass is 556 g/mol. The van der Waals surface area contributed by atoms with E-state index in [9.17, 15) is 14.7 Å². The fourth-order valence-corrected chi connectivity index (χ4v) is 5.93. The minimum absolute atomic E-state index is 0.0669. The van der Waals surface area contributed by atoms with Gasteiger partial charge in [0.2, 0.25) is 11.8 Å². The number of para-hydroxylation sites is 1. The van der Waals surface area contributed by atoms with Crippen LogP contribution in [0, 0.1) is 19.3 Å². The maximum atomic E-state index is 13.5. The molecule has 212 valence electrons. The van der Waals surface area contributed by atoms with Crippen LogP contribution in [0.15, 0.2) is 36.4 Å². The molecule has 2 aromatic rings. The molecule has 7 nitrogen and oxygen atoms in total. The number of methoxy groups -OCH3 is 1. The van der Waals surface area contributed by atoms with Gasteiger partial charge < -0.3 is 24.4 Å². The van der Waals surface area contributed by atoms with Gasteiger partial charge in [0.05, 0.1) is 19.8 Å². The Balaban J connectivity index is 1.48. The predicted octanol–water partition coefficient (Wildman–Crippen LogP) is 4.96. The van der Waals surface area contributed by atoms with Gasteiger partial charge >= 0.3 is 0 Å². The quantitative estimate of drug-likeness (QED) is 0.472. The summed E-state index contributed by atoms with van der Waals surface area (Å²) in [4.78, 5) is 30.6. The molecule has 0 bridgehead atoms. The number of aliphatic hydroxyl groups is 1. The number of ether oxygens (including phenoxy) is 2. The average Bonchev–Trinajstić information content (AvgIpc) is 2.94. The largest absolute Gasteiger partial charge is 0.496 e. The summed E-state index contributed by atoms with van der Waals surface area (Å²) < 4.78 is 11.8. The summed E-state index contributed by atoms with van der Waals surface area (Å²) in [7, 11) is 1.64. The number of piperidine rings is 2. The number of likely N-dealkylation sites (tertiary alicyclic amines) is 2. The third-order valence-electron chi connectivity index (χ3n) is 8.11. The number of hydrogen-bond acceptors (Lipinski definition) is 5. The van der Waals surface area contributed by atoms with Gasteiger partial charge in [-0.2, -0.15) is 0 Å². The zero-order valence-corrected chi connectivity index (χ0v) is 24.1. The highest BCUT2D eigenvalue weighted by Crippen LogP contribution is 2.37. The smallest absolute Gasteiger partial charge is 0.223 e. The van der Waals surface area contributed by atoms with Crippen LogP contribution in [0.4, 0.5) is 0 Å². The molecule has 2 heterocycles. The van der Waals surface area contributed by atoms with Crippen molar-refractivity contribution < 1.29 is 24.2 Å². The minimum atomic E-state index is -0.493. The number of aliphatic hydroxyl groups excluding tert-OH is 1. The van der Waals surface area contributed by atoms with Gasteiger partial charge in [-0.25, -0.2) is 0 Å². The molecule has 0 aliphatic carbocycles. The van der Waals surface area contributed by atoms with Crippen LogP contribution in [-0.2, 0) is 16.0 Å². The van der Waals surface area contributed by atoms with Gasteiger partial charge in [0, 0.05) is 49.5 Å². The van der Waals surface area contributed by atoms with Crippen molar-refractivity contribution in [3.05, 3.63) is 58.1 Å². The van der Waals surface area contributed by atoms with E-state index < -0.39 is 5.41 Å². The summed E-state index contributed by atoms with van der Waals surface area (Å²) in [6, 6.07) is 11.6. The van der Waals surface area contributed by atoms with Gasteiger partial charge in [0.15, 0.2) is 0 Å². The number of carbonyl (C=O) groups is 2. The van der Waals surface area contributed by atoms with Gasteiger partial charge in [0.25, 0.3) is 0 Å². The fraction of sp³-hybridized carbons (Fsp3) is 0.548. The maximum absolute atomic E-state index is 13.5. The van der Waals surface area contributed by atoms with Crippen LogP contribution >= 0.6 is 11.6 Å². The molecular formula is C31H41ClN2O5. The van der Waals surface area contributed by atoms with E-state index in [2.05, 4.69) is 0 Å². The Morgan fingerprint density at radius 2 is 1.74 bits per heavy atom. The first kappa shape index (κ1) is 29.2. The summed E-state index contributed by atoms with van der Waals surface area (Å²) in [6.07, 6.45) is 3.77. The van der Waals surface area contributed by atoms with Crippen molar-refractivity contribution in [2.45, 2.75) is 64.9 Å². The second kappa shape index (κ2) is 13.1. The molecule has 1 N–H and O–H groups in total. The van der Waals surface area contributed by atoms with Crippen molar-refractivity contribution in [3.63, 3.8) is 0 Å². The molecule has 8 heteroatoms. The highest BCUT2D eigenvalue weighted by Gasteiger charge is 2.41. The summed E-state index contributed by atoms with van der Waals surface area (Å²) >= 11 is 6.36. The first-order valence-electron chi connectivity index (χ1n) is 13.9. The van der Waals surface area contributed by atoms with E-state index in [1.54, 1.807) is 7.11 Å². The molecule has 2 aliphatic rings. The highest BCUT2D eigenvalue weighted by molar-refractivity contribution is 6.32. The molecule has 0 saturated carbocycles. The number of halogens is 1. The van der Waals surface area contributed by atoms with Crippen LogP contribution in [0.3, 0.4) is 0 Å². The topological polar surface area (TPSA) is 79.3 Å². The molecule has 2 saturated heterocycles.